The first-order valence-electron chi connectivity index (χ1n) is 7.72. The average Bonchev–Trinajstić information content (AvgIpc) is 2.65. The predicted molar refractivity (Wildman–Crippen MR) is 90.7 cm³/mol. The zero-order valence-corrected chi connectivity index (χ0v) is 14.9. The first-order chi connectivity index (χ1) is 12.5. The van der Waals surface area contributed by atoms with Gasteiger partial charge in [-0.1, -0.05) is 12.1 Å². The largest absolute Gasteiger partial charge is 0.416 e. The van der Waals surface area contributed by atoms with E-state index in [1.807, 2.05) is 0 Å². The third kappa shape index (κ3) is 5.28. The maximum absolute atomic E-state index is 12.6. The Kier molecular flexibility index (Phi) is 6.24. The molecule has 2 rings (SSSR count). The number of carbonyl (C=O) groups excluding carboxylic acids is 1. The Bertz CT molecular complexity index is 895. The maximum Gasteiger partial charge on any atom is 0.416 e. The Hall–Kier alpha value is -2.43. The summed E-state index contributed by atoms with van der Waals surface area (Å²) in [6.07, 6.45) is -4.53. The topological polar surface area (TPSA) is 95.5 Å². The molecule has 3 N–H and O–H groups in total. The normalized spacial score (nSPS) is 13.2. The van der Waals surface area contributed by atoms with Crippen LogP contribution in [0.15, 0.2) is 53.4 Å². The van der Waals surface area contributed by atoms with Crippen molar-refractivity contribution in [3.8, 4) is 0 Å². The third-order valence-corrected chi connectivity index (χ3v) is 5.43. The molecule has 2 aromatic rings. The zero-order chi connectivity index (χ0) is 20.2. The summed E-state index contributed by atoms with van der Waals surface area (Å²) in [5.74, 6) is -1.15. The monoisotopic (exact) mass is 402 g/mol. The fourth-order valence-electron chi connectivity index (χ4n) is 2.27. The van der Waals surface area contributed by atoms with Crippen LogP contribution in [0, 0.1) is 0 Å². The molecule has 146 valence electrons. The van der Waals surface area contributed by atoms with Crippen LogP contribution in [0.2, 0.25) is 0 Å². The molecule has 10 heteroatoms. The molecule has 0 saturated heterocycles. The number of hydrogen-bond donors (Lipinski definition) is 3. The van der Waals surface area contributed by atoms with E-state index < -0.39 is 39.4 Å². The lowest BCUT2D eigenvalue weighted by Crippen LogP contribution is -2.26. The Balaban J connectivity index is 2.04. The Morgan fingerprint density at radius 3 is 2.11 bits per heavy atom. The fraction of sp³-hybridized carbons (Fsp3) is 0.235. The summed E-state index contributed by atoms with van der Waals surface area (Å²) < 4.78 is 62.2. The Labute approximate surface area is 153 Å². The van der Waals surface area contributed by atoms with E-state index in [1.54, 1.807) is 19.1 Å². The second-order valence-corrected chi connectivity index (χ2v) is 7.76. The van der Waals surface area contributed by atoms with E-state index in [2.05, 4.69) is 5.32 Å². The maximum atomic E-state index is 12.6. The molecule has 2 aromatic carbocycles. The minimum Gasteiger partial charge on any atom is -0.297 e. The van der Waals surface area contributed by atoms with Gasteiger partial charge in [-0.3, -0.25) is 15.3 Å². The summed E-state index contributed by atoms with van der Waals surface area (Å²) in [5, 5.41) is 11.4. The summed E-state index contributed by atoms with van der Waals surface area (Å²) in [7, 11) is -3.83. The lowest BCUT2D eigenvalue weighted by Gasteiger charge is -2.15. The number of alkyl halides is 3. The standard InChI is InChI=1S/C17H17F3N2O4S/c1-11(12-2-4-13(5-3-12)16(23)22-24)21-10-27(25,26)15-8-6-14(7-9-15)17(18,19)20/h2-9,11,21,24H,10H2,1H3,(H,22,23). The second-order valence-electron chi connectivity index (χ2n) is 5.77. The van der Waals surface area contributed by atoms with Crippen molar-refractivity contribution in [2.24, 2.45) is 0 Å². The summed E-state index contributed by atoms with van der Waals surface area (Å²) in [6, 6.07) is 9.00. The van der Waals surface area contributed by atoms with E-state index in [1.165, 1.54) is 17.6 Å². The first-order valence-corrected chi connectivity index (χ1v) is 9.37. The molecule has 6 nitrogen and oxygen atoms in total. The molecule has 0 aliphatic carbocycles. The molecule has 0 spiro atoms. The van der Waals surface area contributed by atoms with Gasteiger partial charge in [0.15, 0.2) is 9.84 Å². The first kappa shape index (κ1) is 20.9. The zero-order valence-electron chi connectivity index (χ0n) is 14.1. The molecule has 0 aliphatic rings. The molecule has 27 heavy (non-hydrogen) atoms. The smallest absolute Gasteiger partial charge is 0.297 e. The van der Waals surface area contributed by atoms with Crippen LogP contribution < -0.4 is 10.8 Å². The summed E-state index contributed by atoms with van der Waals surface area (Å²) in [6.45, 7) is 1.70. The number of hydrogen-bond acceptors (Lipinski definition) is 5. The molecular formula is C17H17F3N2O4S. The minimum absolute atomic E-state index is 0.217. The van der Waals surface area contributed by atoms with Gasteiger partial charge in [0.25, 0.3) is 5.91 Å². The molecule has 0 radical (unpaired) electrons. The van der Waals surface area contributed by atoms with Crippen LogP contribution in [0.25, 0.3) is 0 Å². The van der Waals surface area contributed by atoms with Gasteiger partial charge < -0.3 is 0 Å². The minimum atomic E-state index is -4.53. The molecule has 0 bridgehead atoms. The highest BCUT2D eigenvalue weighted by Gasteiger charge is 2.30. The number of amides is 1. The summed E-state index contributed by atoms with van der Waals surface area (Å²) in [5.41, 5.74) is 1.50. The van der Waals surface area contributed by atoms with Gasteiger partial charge in [0, 0.05) is 11.6 Å². The van der Waals surface area contributed by atoms with Gasteiger partial charge in [-0.25, -0.2) is 13.9 Å². The van der Waals surface area contributed by atoms with Crippen LogP contribution >= 0.6 is 0 Å². The van der Waals surface area contributed by atoms with Crippen molar-refractivity contribution in [1.82, 2.24) is 10.8 Å². The van der Waals surface area contributed by atoms with Crippen molar-refractivity contribution in [3.05, 3.63) is 65.2 Å². The van der Waals surface area contributed by atoms with Crippen molar-refractivity contribution in [2.45, 2.75) is 24.0 Å². The molecule has 0 aromatic heterocycles. The Morgan fingerprint density at radius 2 is 1.63 bits per heavy atom. The van der Waals surface area contributed by atoms with E-state index in [-0.39, 0.29) is 10.5 Å². The van der Waals surface area contributed by atoms with Crippen molar-refractivity contribution < 1.29 is 31.6 Å². The van der Waals surface area contributed by atoms with E-state index in [0.717, 1.165) is 24.3 Å². The van der Waals surface area contributed by atoms with Gasteiger partial charge >= 0.3 is 6.18 Å². The van der Waals surface area contributed by atoms with Gasteiger partial charge in [0.1, 0.15) is 5.88 Å². The van der Waals surface area contributed by atoms with Gasteiger partial charge in [-0.2, -0.15) is 13.2 Å². The van der Waals surface area contributed by atoms with Gasteiger partial charge in [0.2, 0.25) is 0 Å². The third-order valence-electron chi connectivity index (χ3n) is 3.89. The fourth-order valence-corrected chi connectivity index (χ4v) is 3.46. The van der Waals surface area contributed by atoms with Crippen LogP contribution in [-0.4, -0.2) is 25.4 Å². The van der Waals surface area contributed by atoms with Crippen molar-refractivity contribution in [2.75, 3.05) is 5.88 Å². The quantitative estimate of drug-likeness (QED) is 0.510. The number of sulfone groups is 1. The highest BCUT2D eigenvalue weighted by Crippen LogP contribution is 2.29. The number of hydroxylamine groups is 1. The summed E-state index contributed by atoms with van der Waals surface area (Å²) >= 11 is 0. The molecule has 1 unspecified atom stereocenters. The molecule has 0 heterocycles. The summed E-state index contributed by atoms with van der Waals surface area (Å²) in [4.78, 5) is 11.1. The molecule has 1 atom stereocenters. The lowest BCUT2D eigenvalue weighted by atomic mass is 10.1. The number of nitrogens with one attached hydrogen (secondary N) is 2. The van der Waals surface area contributed by atoms with Crippen LogP contribution in [0.5, 0.6) is 0 Å². The lowest BCUT2D eigenvalue weighted by molar-refractivity contribution is -0.137. The van der Waals surface area contributed by atoms with Gasteiger partial charge in [0.05, 0.1) is 10.5 Å². The van der Waals surface area contributed by atoms with E-state index in [0.29, 0.717) is 5.56 Å². The Morgan fingerprint density at radius 1 is 1.07 bits per heavy atom. The van der Waals surface area contributed by atoms with Gasteiger partial charge in [-0.05, 0) is 48.9 Å². The molecular weight excluding hydrogens is 385 g/mol. The van der Waals surface area contributed by atoms with E-state index >= 15 is 0 Å². The van der Waals surface area contributed by atoms with Crippen LogP contribution in [0.4, 0.5) is 13.2 Å². The van der Waals surface area contributed by atoms with E-state index in [9.17, 15) is 26.4 Å². The second kappa shape index (κ2) is 8.07. The molecule has 0 aliphatic heterocycles. The van der Waals surface area contributed by atoms with Crippen LogP contribution in [0.1, 0.15) is 34.5 Å². The van der Waals surface area contributed by atoms with Gasteiger partial charge in [-0.15, -0.1) is 0 Å². The molecule has 0 saturated carbocycles. The highest BCUT2D eigenvalue weighted by atomic mass is 32.2. The molecule has 0 fully saturated rings. The molecule has 1 amide bonds. The van der Waals surface area contributed by atoms with E-state index in [4.69, 9.17) is 5.21 Å². The number of rotatable bonds is 6. The highest BCUT2D eigenvalue weighted by molar-refractivity contribution is 7.91. The van der Waals surface area contributed by atoms with Crippen molar-refractivity contribution in [1.29, 1.82) is 0 Å². The average molecular weight is 402 g/mol. The van der Waals surface area contributed by atoms with Crippen molar-refractivity contribution >= 4 is 15.7 Å². The number of halogens is 3. The predicted octanol–water partition coefficient (Wildman–Crippen LogP) is 2.91. The number of carbonyl (C=O) groups is 1. The van der Waals surface area contributed by atoms with Crippen molar-refractivity contribution in [3.63, 3.8) is 0 Å². The number of benzene rings is 2. The van der Waals surface area contributed by atoms with Crippen LogP contribution in [0.3, 0.4) is 0 Å². The van der Waals surface area contributed by atoms with Crippen LogP contribution in [-0.2, 0) is 16.0 Å². The SMILES string of the molecule is CC(NCS(=O)(=O)c1ccc(C(F)(F)F)cc1)c1ccc(C(=O)NO)cc1.